The molecule has 0 spiro atoms. The molecule has 2 rings (SSSR count). The first-order valence-corrected chi connectivity index (χ1v) is 7.80. The number of hydrogen-bond acceptors (Lipinski definition) is 3. The summed E-state index contributed by atoms with van der Waals surface area (Å²) in [6.07, 6.45) is 6.09. The zero-order chi connectivity index (χ0) is 14.2. The molecule has 1 aromatic rings. The van der Waals surface area contributed by atoms with Gasteiger partial charge in [-0.3, -0.25) is 0 Å². The molecule has 1 unspecified atom stereocenters. The third kappa shape index (κ3) is 4.50. The van der Waals surface area contributed by atoms with E-state index < -0.39 is 0 Å². The third-order valence-electron chi connectivity index (χ3n) is 4.02. The van der Waals surface area contributed by atoms with Crippen LogP contribution >= 0.6 is 0 Å². The lowest BCUT2D eigenvalue weighted by molar-refractivity contribution is 0.108. The predicted octanol–water partition coefficient (Wildman–Crippen LogP) is 3.31. The van der Waals surface area contributed by atoms with E-state index in [4.69, 9.17) is 9.47 Å². The molecular weight excluding hydrogens is 250 g/mol. The molecule has 1 fully saturated rings. The molecule has 3 nitrogen and oxygen atoms in total. The fraction of sp³-hybridized carbons (Fsp3) is 0.647. The molecule has 112 valence electrons. The quantitative estimate of drug-likeness (QED) is 0.776. The third-order valence-corrected chi connectivity index (χ3v) is 4.02. The average Bonchev–Trinajstić information content (AvgIpc) is 2.52. The summed E-state index contributed by atoms with van der Waals surface area (Å²) in [5.41, 5.74) is 2.49. The molecule has 20 heavy (non-hydrogen) atoms. The molecule has 1 atom stereocenters. The van der Waals surface area contributed by atoms with Gasteiger partial charge in [-0.15, -0.1) is 0 Å². The molecule has 1 aliphatic rings. The van der Waals surface area contributed by atoms with Gasteiger partial charge in [0.05, 0.1) is 13.7 Å². The van der Waals surface area contributed by atoms with E-state index in [2.05, 4.69) is 24.4 Å². The standard InChI is InChI=1S/C17H27NO2/c1-3-15-12-14(7-8-17(15)19-2)13-20-11-9-16-6-4-5-10-18-16/h7-8,12,16,18H,3-6,9-11,13H2,1-2H3. The van der Waals surface area contributed by atoms with Gasteiger partial charge in [0.2, 0.25) is 0 Å². The van der Waals surface area contributed by atoms with E-state index in [9.17, 15) is 0 Å². The second kappa shape index (κ2) is 8.28. The molecule has 1 aromatic carbocycles. The van der Waals surface area contributed by atoms with Crippen LogP contribution in [0.1, 0.15) is 43.7 Å². The Bertz CT molecular complexity index is 400. The molecule has 0 bridgehead atoms. The summed E-state index contributed by atoms with van der Waals surface area (Å²) < 4.78 is 11.2. The summed E-state index contributed by atoms with van der Waals surface area (Å²) in [5.74, 6) is 0.975. The SMILES string of the molecule is CCc1cc(COCCC2CCCCN2)ccc1OC. The van der Waals surface area contributed by atoms with Crippen LogP contribution in [0.2, 0.25) is 0 Å². The van der Waals surface area contributed by atoms with Crippen LogP contribution in [-0.4, -0.2) is 26.3 Å². The first kappa shape index (κ1) is 15.3. The van der Waals surface area contributed by atoms with E-state index in [1.54, 1.807) is 7.11 Å². The van der Waals surface area contributed by atoms with E-state index >= 15 is 0 Å². The maximum Gasteiger partial charge on any atom is 0.122 e. The molecule has 1 N–H and O–H groups in total. The van der Waals surface area contributed by atoms with Gasteiger partial charge in [-0.05, 0) is 55.5 Å². The van der Waals surface area contributed by atoms with Crippen molar-refractivity contribution in [1.29, 1.82) is 0 Å². The highest BCUT2D eigenvalue weighted by Gasteiger charge is 2.11. The highest BCUT2D eigenvalue weighted by molar-refractivity contribution is 5.37. The van der Waals surface area contributed by atoms with Crippen molar-refractivity contribution in [2.75, 3.05) is 20.3 Å². The largest absolute Gasteiger partial charge is 0.496 e. The van der Waals surface area contributed by atoms with Crippen molar-refractivity contribution in [3.63, 3.8) is 0 Å². The van der Waals surface area contributed by atoms with Crippen molar-refractivity contribution < 1.29 is 9.47 Å². The number of hydrogen-bond donors (Lipinski definition) is 1. The zero-order valence-corrected chi connectivity index (χ0v) is 12.8. The van der Waals surface area contributed by atoms with Crippen molar-refractivity contribution in [2.45, 2.75) is 51.7 Å². The Morgan fingerprint density at radius 3 is 2.90 bits per heavy atom. The fourth-order valence-electron chi connectivity index (χ4n) is 2.78. The number of benzene rings is 1. The van der Waals surface area contributed by atoms with Gasteiger partial charge < -0.3 is 14.8 Å². The van der Waals surface area contributed by atoms with E-state index in [1.165, 1.54) is 36.9 Å². The topological polar surface area (TPSA) is 30.5 Å². The Hall–Kier alpha value is -1.06. The van der Waals surface area contributed by atoms with Crippen LogP contribution in [0.25, 0.3) is 0 Å². The second-order valence-corrected chi connectivity index (χ2v) is 5.49. The van der Waals surface area contributed by atoms with Gasteiger partial charge in [-0.2, -0.15) is 0 Å². The van der Waals surface area contributed by atoms with Crippen LogP contribution in [0, 0.1) is 0 Å². The molecule has 3 heteroatoms. The van der Waals surface area contributed by atoms with Gasteiger partial charge in [0, 0.05) is 12.6 Å². The molecular formula is C17H27NO2. The van der Waals surface area contributed by atoms with Crippen molar-refractivity contribution in [3.8, 4) is 5.75 Å². The second-order valence-electron chi connectivity index (χ2n) is 5.49. The minimum absolute atomic E-state index is 0.658. The number of nitrogens with one attached hydrogen (secondary N) is 1. The summed E-state index contributed by atoms with van der Waals surface area (Å²) in [6, 6.07) is 6.99. The van der Waals surface area contributed by atoms with Crippen LogP contribution in [-0.2, 0) is 17.8 Å². The van der Waals surface area contributed by atoms with Gasteiger partial charge in [-0.1, -0.05) is 19.4 Å². The first-order chi connectivity index (χ1) is 9.83. The van der Waals surface area contributed by atoms with Crippen LogP contribution in [0.4, 0.5) is 0 Å². The van der Waals surface area contributed by atoms with Crippen LogP contribution in [0.15, 0.2) is 18.2 Å². The van der Waals surface area contributed by atoms with E-state index in [-0.39, 0.29) is 0 Å². The van der Waals surface area contributed by atoms with Crippen molar-refractivity contribution in [3.05, 3.63) is 29.3 Å². The monoisotopic (exact) mass is 277 g/mol. The van der Waals surface area contributed by atoms with Crippen molar-refractivity contribution in [2.24, 2.45) is 0 Å². The molecule has 0 saturated carbocycles. The summed E-state index contributed by atoms with van der Waals surface area (Å²) in [7, 11) is 1.72. The lowest BCUT2D eigenvalue weighted by Gasteiger charge is -2.23. The van der Waals surface area contributed by atoms with Crippen LogP contribution in [0.5, 0.6) is 5.75 Å². The minimum Gasteiger partial charge on any atom is -0.496 e. The molecule has 0 radical (unpaired) electrons. The molecule has 1 saturated heterocycles. The number of rotatable bonds is 7. The van der Waals surface area contributed by atoms with Crippen molar-refractivity contribution >= 4 is 0 Å². The predicted molar refractivity (Wildman–Crippen MR) is 82.3 cm³/mol. The van der Waals surface area contributed by atoms with E-state index in [0.717, 1.165) is 25.2 Å². The summed E-state index contributed by atoms with van der Waals surface area (Å²) in [6.45, 7) is 4.86. The Labute approximate surface area is 122 Å². The zero-order valence-electron chi connectivity index (χ0n) is 12.8. The molecule has 0 aromatic heterocycles. The van der Waals surface area contributed by atoms with Crippen LogP contribution in [0.3, 0.4) is 0 Å². The molecule has 1 aliphatic heterocycles. The Kier molecular flexibility index (Phi) is 6.34. The maximum absolute atomic E-state index is 5.81. The lowest BCUT2D eigenvalue weighted by Crippen LogP contribution is -2.34. The smallest absolute Gasteiger partial charge is 0.122 e. The number of piperidine rings is 1. The Morgan fingerprint density at radius 2 is 2.20 bits per heavy atom. The summed E-state index contributed by atoms with van der Waals surface area (Å²) >= 11 is 0. The van der Waals surface area contributed by atoms with Gasteiger partial charge >= 0.3 is 0 Å². The molecule has 0 aliphatic carbocycles. The molecule has 1 heterocycles. The maximum atomic E-state index is 5.81. The Morgan fingerprint density at radius 1 is 1.30 bits per heavy atom. The minimum atomic E-state index is 0.658. The van der Waals surface area contributed by atoms with Gasteiger partial charge in [0.25, 0.3) is 0 Å². The van der Waals surface area contributed by atoms with Gasteiger partial charge in [-0.25, -0.2) is 0 Å². The number of aryl methyl sites for hydroxylation is 1. The highest BCUT2D eigenvalue weighted by Crippen LogP contribution is 2.20. The summed E-state index contributed by atoms with van der Waals surface area (Å²) in [5, 5.41) is 3.55. The van der Waals surface area contributed by atoms with E-state index in [0.29, 0.717) is 12.6 Å². The van der Waals surface area contributed by atoms with Gasteiger partial charge in [0.1, 0.15) is 5.75 Å². The lowest BCUT2D eigenvalue weighted by atomic mass is 10.0. The van der Waals surface area contributed by atoms with Crippen LogP contribution < -0.4 is 10.1 Å². The average molecular weight is 277 g/mol. The van der Waals surface area contributed by atoms with Crippen molar-refractivity contribution in [1.82, 2.24) is 5.32 Å². The Balaban J connectivity index is 1.73. The van der Waals surface area contributed by atoms with Gasteiger partial charge in [0.15, 0.2) is 0 Å². The first-order valence-electron chi connectivity index (χ1n) is 7.80. The highest BCUT2D eigenvalue weighted by atomic mass is 16.5. The normalized spacial score (nSPS) is 19.0. The fourth-order valence-corrected chi connectivity index (χ4v) is 2.78. The number of methoxy groups -OCH3 is 1. The molecule has 0 amide bonds. The number of ether oxygens (including phenoxy) is 2. The summed E-state index contributed by atoms with van der Waals surface area (Å²) in [4.78, 5) is 0. The van der Waals surface area contributed by atoms with E-state index in [1.807, 2.05) is 6.07 Å².